The zero-order chi connectivity index (χ0) is 13.4. The third-order valence-electron chi connectivity index (χ3n) is 2.96. The lowest BCUT2D eigenvalue weighted by Crippen LogP contribution is -2.12. The van der Waals surface area contributed by atoms with E-state index >= 15 is 0 Å². The molecule has 0 spiro atoms. The van der Waals surface area contributed by atoms with Crippen LogP contribution in [0.1, 0.15) is 5.56 Å². The summed E-state index contributed by atoms with van der Waals surface area (Å²) in [6.07, 6.45) is 1.81. The van der Waals surface area contributed by atoms with Crippen molar-refractivity contribution in [2.75, 3.05) is 0 Å². The topological polar surface area (TPSA) is 67.7 Å². The van der Waals surface area contributed by atoms with Gasteiger partial charge in [-0.1, -0.05) is 29.8 Å². The van der Waals surface area contributed by atoms with Crippen LogP contribution < -0.4 is 5.73 Å². The van der Waals surface area contributed by atoms with Gasteiger partial charge < -0.3 is 5.73 Å². The first-order valence-electron chi connectivity index (χ1n) is 5.74. The molecule has 0 bridgehead atoms. The molecule has 2 aromatic carbocycles. The molecule has 4 nitrogen and oxygen atoms in total. The van der Waals surface area contributed by atoms with Gasteiger partial charge in [-0.2, -0.15) is 5.10 Å². The molecule has 0 amide bonds. The molecule has 94 valence electrons. The maximum Gasteiger partial charge on any atom is 0.124 e. The lowest BCUT2D eigenvalue weighted by atomic mass is 10.2. The number of rotatable bonds is 2. The van der Waals surface area contributed by atoms with Crippen molar-refractivity contribution in [3.63, 3.8) is 0 Å². The summed E-state index contributed by atoms with van der Waals surface area (Å²) in [7, 11) is 0. The molecule has 0 aliphatic rings. The standard InChI is InChI=1S/C14H11ClN4/c15-12-7-10(5-6-11(12)14(16)17)19-13-4-2-1-3-9(13)8-18-19/h1-8H,(H3,16,17). The van der Waals surface area contributed by atoms with Gasteiger partial charge in [-0.3, -0.25) is 5.41 Å². The van der Waals surface area contributed by atoms with Gasteiger partial charge in [0.1, 0.15) is 5.84 Å². The first-order chi connectivity index (χ1) is 9.16. The van der Waals surface area contributed by atoms with E-state index in [0.29, 0.717) is 10.6 Å². The highest BCUT2D eigenvalue weighted by Gasteiger charge is 2.08. The normalized spacial score (nSPS) is 10.8. The van der Waals surface area contributed by atoms with Crippen molar-refractivity contribution in [3.05, 3.63) is 59.2 Å². The van der Waals surface area contributed by atoms with E-state index in [9.17, 15) is 0 Å². The number of benzene rings is 2. The zero-order valence-corrected chi connectivity index (χ0v) is 10.7. The minimum absolute atomic E-state index is 0.0399. The average Bonchev–Trinajstić information content (AvgIpc) is 2.82. The van der Waals surface area contributed by atoms with Gasteiger partial charge in [0.15, 0.2) is 0 Å². The maximum atomic E-state index is 7.42. The Balaban J connectivity index is 2.17. The largest absolute Gasteiger partial charge is 0.384 e. The Labute approximate surface area is 114 Å². The Bertz CT molecular complexity index is 776. The molecule has 3 N–H and O–H groups in total. The highest BCUT2D eigenvalue weighted by molar-refractivity contribution is 6.34. The summed E-state index contributed by atoms with van der Waals surface area (Å²) in [6.45, 7) is 0. The van der Waals surface area contributed by atoms with Crippen LogP contribution in [0.5, 0.6) is 0 Å². The fraction of sp³-hybridized carbons (Fsp3) is 0. The van der Waals surface area contributed by atoms with Gasteiger partial charge in [0.2, 0.25) is 0 Å². The van der Waals surface area contributed by atoms with Gasteiger partial charge in [-0.15, -0.1) is 0 Å². The van der Waals surface area contributed by atoms with Crippen LogP contribution in [-0.2, 0) is 0 Å². The van der Waals surface area contributed by atoms with E-state index in [2.05, 4.69) is 5.10 Å². The second kappa shape index (κ2) is 4.40. The SMILES string of the molecule is N=C(N)c1ccc(-n2ncc3ccccc32)cc1Cl. The van der Waals surface area contributed by atoms with Crippen molar-refractivity contribution < 1.29 is 0 Å². The monoisotopic (exact) mass is 270 g/mol. The predicted molar refractivity (Wildman–Crippen MR) is 77.1 cm³/mol. The molecular formula is C14H11ClN4. The summed E-state index contributed by atoms with van der Waals surface area (Å²) in [6, 6.07) is 13.3. The van der Waals surface area contributed by atoms with E-state index in [1.54, 1.807) is 12.1 Å². The van der Waals surface area contributed by atoms with Gasteiger partial charge in [-0.05, 0) is 24.3 Å². The number of nitrogens with one attached hydrogen (secondary N) is 1. The molecule has 19 heavy (non-hydrogen) atoms. The third kappa shape index (κ3) is 1.96. The number of hydrogen-bond acceptors (Lipinski definition) is 2. The van der Waals surface area contributed by atoms with Crippen LogP contribution in [0.25, 0.3) is 16.6 Å². The number of fused-ring (bicyclic) bond motifs is 1. The van der Waals surface area contributed by atoms with Crippen molar-refractivity contribution in [2.24, 2.45) is 5.73 Å². The average molecular weight is 271 g/mol. The van der Waals surface area contributed by atoms with E-state index in [4.69, 9.17) is 22.7 Å². The van der Waals surface area contributed by atoms with Gasteiger partial charge in [0.05, 0.1) is 22.4 Å². The molecule has 0 saturated heterocycles. The summed E-state index contributed by atoms with van der Waals surface area (Å²) in [4.78, 5) is 0. The first kappa shape index (κ1) is 11.7. The van der Waals surface area contributed by atoms with Crippen molar-refractivity contribution in [3.8, 4) is 5.69 Å². The molecule has 0 atom stereocenters. The van der Waals surface area contributed by atoms with E-state index < -0.39 is 0 Å². The number of para-hydroxylation sites is 1. The third-order valence-corrected chi connectivity index (χ3v) is 3.28. The number of aromatic nitrogens is 2. The quantitative estimate of drug-likeness (QED) is 0.555. The number of amidine groups is 1. The van der Waals surface area contributed by atoms with Crippen LogP contribution >= 0.6 is 11.6 Å². The van der Waals surface area contributed by atoms with Crippen LogP contribution in [0.2, 0.25) is 5.02 Å². The van der Waals surface area contributed by atoms with E-state index in [1.165, 1.54) is 0 Å². The molecule has 0 radical (unpaired) electrons. The van der Waals surface area contributed by atoms with E-state index in [0.717, 1.165) is 16.6 Å². The molecule has 3 rings (SSSR count). The number of halogens is 1. The van der Waals surface area contributed by atoms with Crippen LogP contribution in [0.3, 0.4) is 0 Å². The fourth-order valence-corrected chi connectivity index (χ4v) is 2.31. The van der Waals surface area contributed by atoms with Gasteiger partial charge in [-0.25, -0.2) is 4.68 Å². The predicted octanol–water partition coefficient (Wildman–Crippen LogP) is 2.96. The highest BCUT2D eigenvalue weighted by atomic mass is 35.5. The molecule has 0 unspecified atom stereocenters. The van der Waals surface area contributed by atoms with Crippen LogP contribution in [0.4, 0.5) is 0 Å². The minimum atomic E-state index is -0.0399. The van der Waals surface area contributed by atoms with Crippen molar-refractivity contribution in [1.82, 2.24) is 9.78 Å². The number of hydrogen-bond donors (Lipinski definition) is 2. The molecule has 0 aliphatic carbocycles. The molecular weight excluding hydrogens is 260 g/mol. The molecule has 1 heterocycles. The maximum absolute atomic E-state index is 7.42. The summed E-state index contributed by atoms with van der Waals surface area (Å²) >= 11 is 6.13. The minimum Gasteiger partial charge on any atom is -0.384 e. The van der Waals surface area contributed by atoms with Gasteiger partial charge >= 0.3 is 0 Å². The molecule has 5 heteroatoms. The first-order valence-corrected chi connectivity index (χ1v) is 6.12. The Morgan fingerprint density at radius 1 is 1.21 bits per heavy atom. The van der Waals surface area contributed by atoms with Crippen molar-refractivity contribution >= 4 is 28.3 Å². The molecule has 1 aromatic heterocycles. The fourth-order valence-electron chi connectivity index (χ4n) is 2.03. The van der Waals surface area contributed by atoms with Crippen molar-refractivity contribution in [1.29, 1.82) is 5.41 Å². The number of nitrogen functional groups attached to an aromatic ring is 1. The Hall–Kier alpha value is -2.33. The van der Waals surface area contributed by atoms with Gasteiger partial charge in [0.25, 0.3) is 0 Å². The summed E-state index contributed by atoms with van der Waals surface area (Å²) in [5.41, 5.74) is 7.83. The molecule has 0 saturated carbocycles. The number of nitrogens with zero attached hydrogens (tertiary/aromatic N) is 2. The van der Waals surface area contributed by atoms with Crippen LogP contribution in [0.15, 0.2) is 48.7 Å². The molecule has 0 aliphatic heterocycles. The van der Waals surface area contributed by atoms with Crippen LogP contribution in [-0.4, -0.2) is 15.6 Å². The van der Waals surface area contributed by atoms with E-state index in [-0.39, 0.29) is 5.84 Å². The number of nitrogens with two attached hydrogens (primary N) is 1. The lowest BCUT2D eigenvalue weighted by molar-refractivity contribution is 0.910. The summed E-state index contributed by atoms with van der Waals surface area (Å²) in [5, 5.41) is 13.3. The zero-order valence-electron chi connectivity index (χ0n) is 9.97. The Morgan fingerprint density at radius 2 is 2.00 bits per heavy atom. The molecule has 3 aromatic rings. The van der Waals surface area contributed by atoms with Crippen LogP contribution in [0, 0.1) is 5.41 Å². The Kier molecular flexibility index (Phi) is 2.72. The van der Waals surface area contributed by atoms with E-state index in [1.807, 2.05) is 41.2 Å². The Morgan fingerprint density at radius 3 is 2.74 bits per heavy atom. The summed E-state index contributed by atoms with van der Waals surface area (Å²) in [5.74, 6) is -0.0399. The highest BCUT2D eigenvalue weighted by Crippen LogP contribution is 2.23. The second-order valence-corrected chi connectivity index (χ2v) is 4.60. The summed E-state index contributed by atoms with van der Waals surface area (Å²) < 4.78 is 1.81. The lowest BCUT2D eigenvalue weighted by Gasteiger charge is -2.07. The van der Waals surface area contributed by atoms with Gasteiger partial charge in [0, 0.05) is 10.9 Å². The molecule has 0 fully saturated rings. The van der Waals surface area contributed by atoms with Crippen molar-refractivity contribution in [2.45, 2.75) is 0 Å². The second-order valence-electron chi connectivity index (χ2n) is 4.19. The smallest absolute Gasteiger partial charge is 0.124 e.